The Labute approximate surface area is 197 Å². The lowest BCUT2D eigenvalue weighted by Gasteiger charge is -2.22. The highest BCUT2D eigenvalue weighted by Gasteiger charge is 2.23. The second kappa shape index (κ2) is 9.40. The van der Waals surface area contributed by atoms with Crippen molar-refractivity contribution in [3.05, 3.63) is 69.4 Å². The van der Waals surface area contributed by atoms with E-state index >= 15 is 0 Å². The summed E-state index contributed by atoms with van der Waals surface area (Å²) in [4.78, 5) is 23.0. The molecule has 0 aliphatic heterocycles. The second-order valence-electron chi connectivity index (χ2n) is 7.12. The Hall–Kier alpha value is -2.75. The van der Waals surface area contributed by atoms with Gasteiger partial charge in [-0.3, -0.25) is 14.8 Å². The zero-order chi connectivity index (χ0) is 22.8. The Morgan fingerprint density at radius 3 is 2.75 bits per heavy atom. The van der Waals surface area contributed by atoms with Gasteiger partial charge >= 0.3 is 0 Å². The van der Waals surface area contributed by atoms with Crippen LogP contribution in [0.25, 0.3) is 11.4 Å². The molecule has 32 heavy (non-hydrogen) atoms. The number of hydrogen-bond acceptors (Lipinski definition) is 6. The molecule has 0 unspecified atom stereocenters. The van der Waals surface area contributed by atoms with E-state index in [4.69, 9.17) is 11.6 Å². The van der Waals surface area contributed by atoms with Crippen LogP contribution in [0.5, 0.6) is 0 Å². The maximum Gasteiger partial charge on any atom is 0.230 e. The first-order chi connectivity index (χ1) is 15.3. The normalized spacial score (nSPS) is 11.0. The van der Waals surface area contributed by atoms with Gasteiger partial charge in [-0.1, -0.05) is 41.6 Å². The zero-order valence-corrected chi connectivity index (χ0v) is 19.9. The molecule has 0 saturated heterocycles. The van der Waals surface area contributed by atoms with Gasteiger partial charge in [0.25, 0.3) is 0 Å². The van der Waals surface area contributed by atoms with E-state index in [1.54, 1.807) is 23.1 Å². The molecule has 0 bridgehead atoms. The molecule has 164 valence electrons. The molecule has 0 atom stereocenters. The number of halogens is 2. The molecule has 2 heterocycles. The number of amides is 1. The number of thiazole rings is 1. The van der Waals surface area contributed by atoms with Crippen molar-refractivity contribution in [2.75, 3.05) is 4.90 Å². The molecule has 1 amide bonds. The van der Waals surface area contributed by atoms with Crippen LogP contribution in [0.15, 0.2) is 46.9 Å². The van der Waals surface area contributed by atoms with E-state index in [0.29, 0.717) is 38.1 Å². The second-order valence-corrected chi connectivity index (χ2v) is 9.31. The smallest absolute Gasteiger partial charge is 0.230 e. The monoisotopic (exact) mass is 487 g/mol. The van der Waals surface area contributed by atoms with Crippen molar-refractivity contribution in [2.24, 2.45) is 0 Å². The van der Waals surface area contributed by atoms with Gasteiger partial charge in [-0.2, -0.15) is 0 Å². The maximum atomic E-state index is 14.0. The Bertz CT molecular complexity index is 1270. The summed E-state index contributed by atoms with van der Waals surface area (Å²) < 4.78 is 14.0. The average Bonchev–Trinajstić information content (AvgIpc) is 3.38. The fraction of sp³-hybridized carbons (Fsp3) is 0.182. The summed E-state index contributed by atoms with van der Waals surface area (Å²) in [6.45, 7) is 5.37. The van der Waals surface area contributed by atoms with Gasteiger partial charge in [-0.15, -0.1) is 16.4 Å². The molecule has 4 rings (SSSR count). The summed E-state index contributed by atoms with van der Waals surface area (Å²) in [7, 11) is 0. The van der Waals surface area contributed by atoms with Crippen LogP contribution in [0.2, 0.25) is 5.02 Å². The highest BCUT2D eigenvalue weighted by Crippen LogP contribution is 2.38. The predicted molar refractivity (Wildman–Crippen MR) is 127 cm³/mol. The van der Waals surface area contributed by atoms with Gasteiger partial charge in [0.2, 0.25) is 11.1 Å². The van der Waals surface area contributed by atoms with E-state index in [2.05, 4.69) is 20.2 Å². The van der Waals surface area contributed by atoms with Crippen molar-refractivity contribution in [3.8, 4) is 11.4 Å². The molecule has 6 nitrogen and oxygen atoms in total. The molecule has 0 radical (unpaired) electrons. The number of aryl methyl sites for hydroxylation is 2. The maximum absolute atomic E-state index is 14.0. The van der Waals surface area contributed by atoms with E-state index in [0.717, 1.165) is 16.8 Å². The Morgan fingerprint density at radius 2 is 2.03 bits per heavy atom. The number of aromatic amines is 1. The molecule has 0 aliphatic rings. The van der Waals surface area contributed by atoms with Crippen LogP contribution >= 0.6 is 34.7 Å². The molecule has 0 aliphatic carbocycles. The number of benzene rings is 2. The summed E-state index contributed by atoms with van der Waals surface area (Å²) in [6, 6.07) is 10.2. The van der Waals surface area contributed by atoms with Crippen molar-refractivity contribution in [1.82, 2.24) is 20.2 Å². The third-order valence-electron chi connectivity index (χ3n) is 4.61. The number of nitrogens with one attached hydrogen (secondary N) is 1. The van der Waals surface area contributed by atoms with Crippen LogP contribution in [0.1, 0.15) is 23.7 Å². The number of rotatable bonds is 6. The van der Waals surface area contributed by atoms with Gasteiger partial charge in [0.05, 0.1) is 22.0 Å². The van der Waals surface area contributed by atoms with E-state index in [1.165, 1.54) is 36.1 Å². The van der Waals surface area contributed by atoms with Crippen LogP contribution in [0.4, 0.5) is 15.2 Å². The molecule has 10 heteroatoms. The average molecular weight is 488 g/mol. The SMILES string of the molecule is CC(=O)N(c1nc(CSc2n[nH]c(-c3ccccc3F)n2)cs1)c1c(C)cc(C)cc1Cl. The molecule has 2 aromatic carbocycles. The van der Waals surface area contributed by atoms with Crippen molar-refractivity contribution < 1.29 is 9.18 Å². The van der Waals surface area contributed by atoms with Crippen molar-refractivity contribution in [2.45, 2.75) is 31.7 Å². The van der Waals surface area contributed by atoms with E-state index in [1.807, 2.05) is 31.4 Å². The largest absolute Gasteiger partial charge is 0.274 e. The summed E-state index contributed by atoms with van der Waals surface area (Å²) in [6.07, 6.45) is 0. The molecule has 0 fully saturated rings. The van der Waals surface area contributed by atoms with Gasteiger partial charge in [0.15, 0.2) is 11.0 Å². The number of H-pyrrole nitrogens is 1. The summed E-state index contributed by atoms with van der Waals surface area (Å²) in [5.74, 6) is 0.337. The van der Waals surface area contributed by atoms with Gasteiger partial charge < -0.3 is 0 Å². The third kappa shape index (κ3) is 4.69. The van der Waals surface area contributed by atoms with Crippen molar-refractivity contribution in [1.29, 1.82) is 0 Å². The van der Waals surface area contributed by atoms with Gasteiger partial charge in [0.1, 0.15) is 5.82 Å². The van der Waals surface area contributed by atoms with Gasteiger partial charge in [0, 0.05) is 18.1 Å². The predicted octanol–water partition coefficient (Wildman–Crippen LogP) is 6.31. The first-order valence-electron chi connectivity index (χ1n) is 9.65. The fourth-order valence-corrected chi connectivity index (χ4v) is 5.34. The van der Waals surface area contributed by atoms with Crippen LogP contribution in [-0.4, -0.2) is 26.1 Å². The minimum absolute atomic E-state index is 0.170. The van der Waals surface area contributed by atoms with Gasteiger partial charge in [-0.05, 0) is 43.2 Å². The molecule has 2 aromatic heterocycles. The first kappa shape index (κ1) is 22.4. The number of anilines is 2. The summed E-state index contributed by atoms with van der Waals surface area (Å²) in [5.41, 5.74) is 3.71. The lowest BCUT2D eigenvalue weighted by Crippen LogP contribution is -2.24. The van der Waals surface area contributed by atoms with Crippen LogP contribution < -0.4 is 4.90 Å². The Morgan fingerprint density at radius 1 is 1.25 bits per heavy atom. The number of aromatic nitrogens is 4. The highest BCUT2D eigenvalue weighted by molar-refractivity contribution is 7.98. The number of hydrogen-bond donors (Lipinski definition) is 1. The van der Waals surface area contributed by atoms with E-state index in [9.17, 15) is 9.18 Å². The van der Waals surface area contributed by atoms with Crippen molar-refractivity contribution in [3.63, 3.8) is 0 Å². The summed E-state index contributed by atoms with van der Waals surface area (Å²) in [5, 5.41) is 10.3. The number of nitrogens with zero attached hydrogens (tertiary/aromatic N) is 4. The lowest BCUT2D eigenvalue weighted by atomic mass is 10.1. The molecule has 0 saturated carbocycles. The topological polar surface area (TPSA) is 74.8 Å². The minimum Gasteiger partial charge on any atom is -0.274 e. The third-order valence-corrected chi connectivity index (χ3v) is 6.65. The van der Waals surface area contributed by atoms with E-state index in [-0.39, 0.29) is 11.7 Å². The van der Waals surface area contributed by atoms with Gasteiger partial charge in [-0.25, -0.2) is 14.4 Å². The van der Waals surface area contributed by atoms with Crippen LogP contribution in [0.3, 0.4) is 0 Å². The van der Waals surface area contributed by atoms with Crippen molar-refractivity contribution >= 4 is 51.4 Å². The Balaban J connectivity index is 1.52. The fourth-order valence-electron chi connectivity index (χ4n) is 3.27. The van der Waals surface area contributed by atoms with Crippen LogP contribution in [-0.2, 0) is 10.5 Å². The first-order valence-corrected chi connectivity index (χ1v) is 11.9. The van der Waals surface area contributed by atoms with Crippen LogP contribution in [0, 0.1) is 19.7 Å². The standard InChI is InChI=1S/C22H19ClFN5OS2/c1-12-8-13(2)19(17(23)9-12)29(14(3)30)22-25-15(11-32-22)10-31-21-26-20(27-28-21)16-6-4-5-7-18(16)24/h4-9,11H,10H2,1-3H3,(H,26,27,28). The highest BCUT2D eigenvalue weighted by atomic mass is 35.5. The number of carbonyl (C=O) groups excluding carboxylic acids is 1. The molecular formula is C22H19ClFN5OS2. The van der Waals surface area contributed by atoms with E-state index < -0.39 is 0 Å². The number of carbonyl (C=O) groups is 1. The molecule has 0 spiro atoms. The zero-order valence-electron chi connectivity index (χ0n) is 17.5. The Kier molecular flexibility index (Phi) is 6.59. The minimum atomic E-state index is -0.362. The molecule has 1 N–H and O–H groups in total. The lowest BCUT2D eigenvalue weighted by molar-refractivity contribution is -0.115. The quantitative estimate of drug-likeness (QED) is 0.322. The number of thioether (sulfide) groups is 1. The molecular weight excluding hydrogens is 469 g/mol. The molecule has 4 aromatic rings. The summed E-state index contributed by atoms with van der Waals surface area (Å²) >= 11 is 9.20.